The van der Waals surface area contributed by atoms with Gasteiger partial charge in [-0.1, -0.05) is 96.4 Å². The molecule has 0 spiro atoms. The Morgan fingerprint density at radius 1 is 0.231 bits per heavy atom. The molecule has 0 radical (unpaired) electrons. The van der Waals surface area contributed by atoms with Crippen molar-refractivity contribution in [2.45, 2.75) is 0 Å². The molecule has 0 aliphatic carbocycles. The third-order valence-electron chi connectivity index (χ3n) is 12.3. The number of para-hydroxylation sites is 6. The second-order valence-corrected chi connectivity index (χ2v) is 19.1. The smallest absolute Gasteiger partial charge is 0.872 e. The number of phenols is 4. The number of carboxylic acids is 6. The third kappa shape index (κ3) is 31.8. The van der Waals surface area contributed by atoms with Crippen molar-refractivity contribution in [1.82, 2.24) is 39.9 Å². The Morgan fingerprint density at radius 2 is 0.394 bits per heavy atom. The second kappa shape index (κ2) is 49.6. The van der Waals surface area contributed by atoms with Gasteiger partial charge in [0.05, 0.1) is 23.1 Å². The number of hydrogen-bond donors (Lipinski definition) is 8. The number of carboxylic acid groups (broad SMARTS) is 6. The van der Waals surface area contributed by atoms with Crippen molar-refractivity contribution in [2.24, 2.45) is 0 Å². The van der Waals surface area contributed by atoms with Gasteiger partial charge in [0.25, 0.3) is 0 Å². The van der Waals surface area contributed by atoms with E-state index in [9.17, 15) is 49.2 Å². The van der Waals surface area contributed by atoms with Crippen LogP contribution in [0.3, 0.4) is 0 Å². The fourth-order valence-electron chi connectivity index (χ4n) is 7.52. The molecule has 0 saturated heterocycles. The van der Waals surface area contributed by atoms with Crippen LogP contribution in [0.4, 0.5) is 0 Å². The van der Waals surface area contributed by atoms with Crippen LogP contribution in [-0.2, 0) is 89.5 Å². The number of aromatic hydroxyl groups is 4. The molecule has 6 aromatic carbocycles. The number of benzene rings is 6. The Balaban J connectivity index is 0.000000575. The van der Waals surface area contributed by atoms with E-state index in [2.05, 4.69) is 39.9 Å². The first-order chi connectivity index (χ1) is 48.2. The monoisotopic (exact) mass is 1770 g/mol. The van der Waals surface area contributed by atoms with Crippen LogP contribution in [0.15, 0.2) is 292 Å². The van der Waals surface area contributed by atoms with Crippen LogP contribution in [0.5, 0.6) is 34.5 Å². The maximum absolute atomic E-state index is 10.7. The molecule has 8 N–H and O–H groups in total. The first-order valence-electron chi connectivity index (χ1n) is 28.8. The number of rotatable bonds is 6. The van der Waals surface area contributed by atoms with E-state index in [0.29, 0.717) is 0 Å². The van der Waals surface area contributed by atoms with Gasteiger partial charge in [-0.15, -0.1) is 0 Å². The number of nitrogens with zero attached hydrogens (tertiary/aromatic N) is 8. The molecule has 26 nitrogen and oxygen atoms in total. The van der Waals surface area contributed by atoms with Gasteiger partial charge in [-0.25, -0.2) is 59.0 Å². The van der Waals surface area contributed by atoms with Gasteiger partial charge in [0.1, 0.15) is 34.1 Å². The van der Waals surface area contributed by atoms with Crippen molar-refractivity contribution < 1.29 is 180 Å². The van der Waals surface area contributed by atoms with Crippen molar-refractivity contribution in [2.75, 3.05) is 0 Å². The number of carbonyl (C=O) groups is 6. The van der Waals surface area contributed by atoms with Crippen LogP contribution >= 0.6 is 0 Å². The molecule has 0 saturated carbocycles. The Bertz CT molecular complexity index is 4020. The summed E-state index contributed by atoms with van der Waals surface area (Å²) in [5, 5.41) is 115. The molecule has 0 atom stereocenters. The first-order valence-corrected chi connectivity index (χ1v) is 28.8. The Morgan fingerprint density at radius 3 is 0.519 bits per heavy atom. The molecular formula is C74H56Ag4N8O18. The Kier molecular flexibility index (Phi) is 43.0. The molecule has 0 fully saturated rings. The summed E-state index contributed by atoms with van der Waals surface area (Å²) >= 11 is 0. The summed E-state index contributed by atoms with van der Waals surface area (Å²) in [5.74, 6) is -9.12. The van der Waals surface area contributed by atoms with Crippen molar-refractivity contribution in [1.29, 1.82) is 0 Å². The second-order valence-electron chi connectivity index (χ2n) is 19.1. The van der Waals surface area contributed by atoms with Crippen LogP contribution in [-0.4, -0.2) is 117 Å². The summed E-state index contributed by atoms with van der Waals surface area (Å²) in [5.41, 5.74) is 2.39. The number of fused-ring (bicyclic) bond motifs is 4. The van der Waals surface area contributed by atoms with Gasteiger partial charge in [-0.3, -0.25) is 0 Å². The number of pyridine rings is 8. The molecule has 0 unspecified atom stereocenters. The van der Waals surface area contributed by atoms with Gasteiger partial charge in [0.2, 0.25) is 0 Å². The summed E-state index contributed by atoms with van der Waals surface area (Å²) < 4.78 is 0. The minimum Gasteiger partial charge on any atom is -0.872 e. The van der Waals surface area contributed by atoms with Gasteiger partial charge in [-0.2, -0.15) is 0 Å². The van der Waals surface area contributed by atoms with Crippen LogP contribution in [0, 0.1) is 0 Å². The Hall–Kier alpha value is -11.9. The quantitative estimate of drug-likeness (QED) is 0.0719. The largest absolute Gasteiger partial charge is 1.00 e. The SMILES string of the molecule is O=C(O)c1ccccc1O.O=C(O)c1ccccc1O.O=C(O)c1ccccc1[O-].O=C(O)c1ccccc1[O-].O=C([O-])c1ccccc1O.O=C([O-])c1ccccc1O.[Ag+].[Ag+].[Ag+].[Ag+].c1cnc2ncccc2c1.c1cnc2ncccc2c1.c1cnc2ncccc2c1.c1cnc2ncccc2c1. The van der Waals surface area contributed by atoms with E-state index in [-0.39, 0.29) is 146 Å². The topological polar surface area (TPSA) is 460 Å². The minimum absolute atomic E-state index is 0. The molecule has 104 heavy (non-hydrogen) atoms. The standard InChI is InChI=1S/4C8H6N2.6C7H6O3.4Ag/c4*1-3-7-4-2-6-10-8(7)9-5-1;6*8-6-4-2-1-3-5(6)7(9)10;;;;/h4*1-6H;6*1-4,8H,(H,9,10);;;;/q;;;;;;;;;;4*+1/p-4. The van der Waals surface area contributed by atoms with Crippen LogP contribution in [0.1, 0.15) is 62.1 Å². The maximum atomic E-state index is 10.7. The maximum Gasteiger partial charge on any atom is 1.00 e. The average molecular weight is 1780 g/mol. The molecular weight excluding hydrogens is 1720 g/mol. The third-order valence-corrected chi connectivity index (χ3v) is 12.3. The molecule has 544 valence electrons. The molecule has 14 aromatic rings. The van der Waals surface area contributed by atoms with Gasteiger partial charge in [-0.05, 0) is 158 Å². The molecule has 0 aliphatic rings. The fraction of sp³-hybridized carbons (Fsp3) is 0. The Labute approximate surface area is 654 Å². The summed E-state index contributed by atoms with van der Waals surface area (Å²) in [4.78, 5) is 93.8. The zero-order valence-electron chi connectivity index (χ0n) is 53.2. The molecule has 14 rings (SSSR count). The van der Waals surface area contributed by atoms with E-state index >= 15 is 0 Å². The van der Waals surface area contributed by atoms with Crippen molar-refractivity contribution in [3.8, 4) is 34.5 Å². The van der Waals surface area contributed by atoms with E-state index in [1.165, 1.54) is 109 Å². The fourth-order valence-corrected chi connectivity index (χ4v) is 7.52. The predicted octanol–water partition coefficient (Wildman–Crippen LogP) is 9.12. The minimum atomic E-state index is -1.36. The summed E-state index contributed by atoms with van der Waals surface area (Å²) in [7, 11) is 0. The molecule has 30 heteroatoms. The molecule has 0 bridgehead atoms. The van der Waals surface area contributed by atoms with E-state index in [4.69, 9.17) is 40.9 Å². The van der Waals surface area contributed by atoms with Crippen LogP contribution in [0.2, 0.25) is 0 Å². The summed E-state index contributed by atoms with van der Waals surface area (Å²) in [6, 6.07) is 65.2. The van der Waals surface area contributed by atoms with Crippen molar-refractivity contribution in [3.05, 3.63) is 326 Å². The van der Waals surface area contributed by atoms with E-state index in [0.717, 1.165) is 44.1 Å². The number of aromatic nitrogens is 8. The predicted molar refractivity (Wildman–Crippen MR) is 359 cm³/mol. The van der Waals surface area contributed by atoms with E-state index in [1.54, 1.807) is 86.0 Å². The van der Waals surface area contributed by atoms with Crippen LogP contribution in [0.25, 0.3) is 44.1 Å². The number of carbonyl (C=O) groups excluding carboxylic acids is 2. The number of hydrogen-bond acceptors (Lipinski definition) is 22. The van der Waals surface area contributed by atoms with Gasteiger partial charge >= 0.3 is 113 Å². The average Bonchev–Trinajstić information content (AvgIpc) is 0.871. The van der Waals surface area contributed by atoms with Gasteiger partial charge in [0.15, 0.2) is 22.6 Å². The zero-order chi connectivity index (χ0) is 72.6. The van der Waals surface area contributed by atoms with E-state index in [1.807, 2.05) is 97.1 Å². The van der Waals surface area contributed by atoms with Crippen molar-refractivity contribution >= 4 is 79.9 Å². The molecule has 0 aliphatic heterocycles. The summed E-state index contributed by atoms with van der Waals surface area (Å²) in [6.45, 7) is 0. The summed E-state index contributed by atoms with van der Waals surface area (Å²) in [6.07, 6.45) is 14.0. The van der Waals surface area contributed by atoms with Crippen LogP contribution < -0.4 is 20.4 Å². The van der Waals surface area contributed by atoms with E-state index < -0.39 is 47.3 Å². The van der Waals surface area contributed by atoms with Crippen molar-refractivity contribution in [3.63, 3.8) is 0 Å². The number of aromatic carboxylic acids is 6. The van der Waals surface area contributed by atoms with Gasteiger partial charge < -0.3 is 70.9 Å². The normalized spacial score (nSPS) is 9.15. The van der Waals surface area contributed by atoms with Gasteiger partial charge in [0, 0.05) is 82.2 Å². The molecule has 8 aromatic heterocycles. The first kappa shape index (κ1) is 90.2. The molecule has 8 heterocycles. The molecule has 0 amide bonds. The zero-order valence-corrected chi connectivity index (χ0v) is 59.1.